The second kappa shape index (κ2) is 17.6. The third-order valence-corrected chi connectivity index (χ3v) is 8.39. The van der Waals surface area contributed by atoms with Crippen LogP contribution in [0.4, 0.5) is 13.6 Å². The van der Waals surface area contributed by atoms with Crippen LogP contribution in [0.3, 0.4) is 0 Å². The Morgan fingerprint density at radius 2 is 1.58 bits per heavy atom. The third kappa shape index (κ3) is 11.4. The van der Waals surface area contributed by atoms with Crippen LogP contribution in [0.15, 0.2) is 60.8 Å². The fraction of sp³-hybridized carbons (Fsp3) is 0.487. The zero-order chi connectivity index (χ0) is 39.0. The van der Waals surface area contributed by atoms with Crippen molar-refractivity contribution in [2.24, 2.45) is 11.3 Å². The fourth-order valence-electron chi connectivity index (χ4n) is 6.04. The van der Waals surface area contributed by atoms with Crippen molar-refractivity contribution in [3.63, 3.8) is 0 Å². The number of aliphatic hydroxyl groups is 1. The number of aromatic nitrogens is 1. The van der Waals surface area contributed by atoms with Crippen LogP contribution in [0.1, 0.15) is 79.1 Å². The number of nitrogens with one attached hydrogen (secondary N) is 3. The van der Waals surface area contributed by atoms with Gasteiger partial charge in [-0.2, -0.15) is 0 Å². The number of carbonyl (C=O) groups is 4. The van der Waals surface area contributed by atoms with Crippen LogP contribution in [-0.2, 0) is 25.7 Å². The molecule has 0 saturated carbocycles. The van der Waals surface area contributed by atoms with E-state index in [1.54, 1.807) is 46.9 Å². The number of hydrogen-bond donors (Lipinski definition) is 4. The van der Waals surface area contributed by atoms with Gasteiger partial charge >= 0.3 is 6.09 Å². The largest absolute Gasteiger partial charge is 0.444 e. The minimum atomic E-state index is -1.14. The Bertz CT molecular complexity index is 1700. The van der Waals surface area contributed by atoms with Gasteiger partial charge in [-0.25, -0.2) is 13.6 Å². The summed E-state index contributed by atoms with van der Waals surface area (Å²) in [6, 6.07) is 11.5. The molecule has 0 aliphatic rings. The molecule has 0 aliphatic heterocycles. The highest BCUT2D eigenvalue weighted by Crippen LogP contribution is 2.41. The molecule has 0 spiro atoms. The predicted octanol–water partition coefficient (Wildman–Crippen LogP) is 5.56. The molecule has 1 aromatic heterocycles. The minimum absolute atomic E-state index is 0.0443. The summed E-state index contributed by atoms with van der Waals surface area (Å²) >= 11 is 0. The van der Waals surface area contributed by atoms with Gasteiger partial charge in [-0.05, 0) is 68.4 Å². The average Bonchev–Trinajstić information content (AvgIpc) is 3.46. The fourth-order valence-corrected chi connectivity index (χ4v) is 6.04. The molecular formula is C39H53F2N5O6. The van der Waals surface area contributed by atoms with Gasteiger partial charge in [0.05, 0.1) is 6.04 Å². The first-order chi connectivity index (χ1) is 24.2. The zero-order valence-electron chi connectivity index (χ0n) is 31.6. The van der Waals surface area contributed by atoms with E-state index in [4.69, 9.17) is 4.74 Å². The lowest BCUT2D eigenvalue weighted by atomic mass is 9.82. The number of amides is 4. The van der Waals surface area contributed by atoms with Crippen LogP contribution in [0.5, 0.6) is 0 Å². The molecule has 0 saturated heterocycles. The van der Waals surface area contributed by atoms with E-state index in [0.29, 0.717) is 17.8 Å². The number of nitrogens with zero attached hydrogens (tertiary/aromatic N) is 2. The van der Waals surface area contributed by atoms with E-state index in [1.807, 2.05) is 55.7 Å². The number of alkyl carbamates (subject to hydrolysis) is 1. The van der Waals surface area contributed by atoms with Crippen molar-refractivity contribution < 1.29 is 37.8 Å². The van der Waals surface area contributed by atoms with Gasteiger partial charge in [-0.15, -0.1) is 0 Å². The van der Waals surface area contributed by atoms with Gasteiger partial charge in [-0.1, -0.05) is 65.0 Å². The lowest BCUT2D eigenvalue weighted by Gasteiger charge is -2.41. The number of halogens is 2. The minimum Gasteiger partial charge on any atom is -0.444 e. The molecule has 52 heavy (non-hydrogen) atoms. The summed E-state index contributed by atoms with van der Waals surface area (Å²) in [6.45, 7) is 13.7. The van der Waals surface area contributed by atoms with Crippen LogP contribution in [0, 0.1) is 23.0 Å². The number of aliphatic hydroxyl groups excluding tert-OH is 1. The molecular weight excluding hydrogens is 672 g/mol. The second-order valence-electron chi connectivity index (χ2n) is 15.2. The molecule has 2 aromatic carbocycles. The van der Waals surface area contributed by atoms with Crippen molar-refractivity contribution in [2.45, 2.75) is 92.1 Å². The van der Waals surface area contributed by atoms with Crippen LogP contribution >= 0.6 is 0 Å². The molecule has 0 bridgehead atoms. The van der Waals surface area contributed by atoms with Crippen molar-refractivity contribution in [1.82, 2.24) is 25.4 Å². The SMILES string of the molecule is CNC(=O)[C@H](CCN(C(=O)CO)[C@@H](c1cc(-c2cc(F)ccc2F)cn1Cc1ccccc1)C(C)(C)C)NC(=O)[C@@H](NC(=O)OC(C)(C)C)C(C)C. The maximum absolute atomic E-state index is 15.1. The Morgan fingerprint density at radius 1 is 0.923 bits per heavy atom. The Hall–Kier alpha value is -4.78. The summed E-state index contributed by atoms with van der Waals surface area (Å²) in [4.78, 5) is 54.3. The summed E-state index contributed by atoms with van der Waals surface area (Å²) in [5.41, 5.74) is 0.441. The number of benzene rings is 2. The quantitative estimate of drug-likeness (QED) is 0.172. The van der Waals surface area contributed by atoms with Gasteiger partial charge in [0.25, 0.3) is 0 Å². The molecule has 3 aromatic rings. The summed E-state index contributed by atoms with van der Waals surface area (Å²) in [5, 5.41) is 18.0. The predicted molar refractivity (Wildman–Crippen MR) is 195 cm³/mol. The van der Waals surface area contributed by atoms with Crippen LogP contribution in [0.2, 0.25) is 0 Å². The molecule has 3 rings (SSSR count). The van der Waals surface area contributed by atoms with Gasteiger partial charge in [0.15, 0.2) is 0 Å². The summed E-state index contributed by atoms with van der Waals surface area (Å²) in [7, 11) is 1.42. The number of hydrogen-bond acceptors (Lipinski definition) is 6. The van der Waals surface area contributed by atoms with Crippen molar-refractivity contribution in [3.8, 4) is 11.1 Å². The summed E-state index contributed by atoms with van der Waals surface area (Å²) in [6.07, 6.45) is 0.852. The summed E-state index contributed by atoms with van der Waals surface area (Å²) in [5.74, 6) is -3.40. The topological polar surface area (TPSA) is 142 Å². The van der Waals surface area contributed by atoms with Crippen molar-refractivity contribution in [1.29, 1.82) is 0 Å². The van der Waals surface area contributed by atoms with Crippen LogP contribution < -0.4 is 16.0 Å². The van der Waals surface area contributed by atoms with Gasteiger partial charge in [0.2, 0.25) is 17.7 Å². The monoisotopic (exact) mass is 725 g/mol. The summed E-state index contributed by atoms with van der Waals surface area (Å²) < 4.78 is 36.7. The molecule has 13 heteroatoms. The molecule has 4 amide bonds. The van der Waals surface area contributed by atoms with E-state index in [1.165, 1.54) is 11.9 Å². The Balaban J connectivity index is 2.05. The first-order valence-corrected chi connectivity index (χ1v) is 17.4. The van der Waals surface area contributed by atoms with Gasteiger partial charge < -0.3 is 35.3 Å². The molecule has 0 unspecified atom stereocenters. The highest BCUT2D eigenvalue weighted by Gasteiger charge is 2.38. The molecule has 284 valence electrons. The number of likely N-dealkylation sites (N-methyl/N-ethyl adjacent to an activating group) is 1. The number of rotatable bonds is 14. The first-order valence-electron chi connectivity index (χ1n) is 17.4. The standard InChI is InChI=1S/C39H53F2N5O6/c1-24(2)33(44-37(51)52-39(6,7)8)36(50)43-30(35(49)42-9)17-18-46(32(48)23-47)34(38(3,4)5)31-19-26(28-20-27(40)15-16-29(28)41)22-45(31)21-25-13-11-10-12-14-25/h10-16,19-20,22,24,30,33-34,47H,17-18,21,23H2,1-9H3,(H,42,49)(H,43,50)(H,44,51)/t30-,33-,34-/m0/s1. The maximum Gasteiger partial charge on any atom is 0.408 e. The second-order valence-corrected chi connectivity index (χ2v) is 15.2. The molecule has 1 heterocycles. The lowest BCUT2D eigenvalue weighted by Crippen LogP contribution is -2.56. The van der Waals surface area contributed by atoms with Crippen LogP contribution in [0.25, 0.3) is 11.1 Å². The Morgan fingerprint density at radius 3 is 2.13 bits per heavy atom. The maximum atomic E-state index is 15.1. The smallest absolute Gasteiger partial charge is 0.408 e. The average molecular weight is 726 g/mol. The lowest BCUT2D eigenvalue weighted by molar-refractivity contribution is -0.140. The van der Waals surface area contributed by atoms with Gasteiger partial charge in [0, 0.05) is 43.2 Å². The molecule has 0 aliphatic carbocycles. The first kappa shape index (κ1) is 41.6. The number of ether oxygens (including phenoxy) is 1. The Kier molecular flexibility index (Phi) is 14.1. The molecule has 11 nitrogen and oxygen atoms in total. The van der Waals surface area contributed by atoms with E-state index in [0.717, 1.165) is 23.8 Å². The Labute approximate surface area is 305 Å². The van der Waals surface area contributed by atoms with Crippen molar-refractivity contribution in [3.05, 3.63) is 83.7 Å². The highest BCUT2D eigenvalue weighted by molar-refractivity contribution is 5.91. The van der Waals surface area contributed by atoms with Gasteiger partial charge in [0.1, 0.15) is 35.9 Å². The normalized spacial score (nSPS) is 13.6. The van der Waals surface area contributed by atoms with E-state index < -0.39 is 71.2 Å². The molecule has 0 fully saturated rings. The number of carbonyl (C=O) groups excluding carboxylic acids is 4. The van der Waals surface area contributed by atoms with E-state index in [2.05, 4.69) is 16.0 Å². The molecule has 4 N–H and O–H groups in total. The molecule has 3 atom stereocenters. The van der Waals surface area contributed by atoms with Crippen LogP contribution in [-0.4, -0.2) is 76.3 Å². The van der Waals surface area contributed by atoms with E-state index >= 15 is 4.39 Å². The highest BCUT2D eigenvalue weighted by atomic mass is 19.1. The third-order valence-electron chi connectivity index (χ3n) is 8.39. The van der Waals surface area contributed by atoms with Gasteiger partial charge in [-0.3, -0.25) is 14.4 Å². The van der Waals surface area contributed by atoms with Crippen molar-refractivity contribution >= 4 is 23.8 Å². The van der Waals surface area contributed by atoms with E-state index in [-0.39, 0.29) is 24.4 Å². The zero-order valence-corrected chi connectivity index (χ0v) is 31.6. The van der Waals surface area contributed by atoms with Crippen molar-refractivity contribution in [2.75, 3.05) is 20.2 Å². The van der Waals surface area contributed by atoms with E-state index in [9.17, 15) is 28.7 Å². The molecule has 0 radical (unpaired) electrons.